The van der Waals surface area contributed by atoms with Crippen LogP contribution in [-0.4, -0.2) is 30.2 Å². The highest BCUT2D eigenvalue weighted by Crippen LogP contribution is 2.29. The van der Waals surface area contributed by atoms with Gasteiger partial charge >= 0.3 is 0 Å². The first-order chi connectivity index (χ1) is 7.99. The van der Waals surface area contributed by atoms with Crippen molar-refractivity contribution in [3.8, 4) is 0 Å². The summed E-state index contributed by atoms with van der Waals surface area (Å²) in [5.41, 5.74) is 1.14. The van der Waals surface area contributed by atoms with Crippen molar-refractivity contribution in [1.82, 2.24) is 0 Å². The molecular formula is C13H20FNOS. The van der Waals surface area contributed by atoms with E-state index in [2.05, 4.69) is 6.92 Å². The Bertz CT molecular complexity index is 370. The summed E-state index contributed by atoms with van der Waals surface area (Å²) in [5.74, 6) is 0.618. The molecule has 0 aliphatic heterocycles. The van der Waals surface area contributed by atoms with Gasteiger partial charge in [0, 0.05) is 30.1 Å². The molecule has 96 valence electrons. The van der Waals surface area contributed by atoms with Crippen LogP contribution < -0.4 is 4.90 Å². The second-order valence-corrected chi connectivity index (χ2v) is 5.17. The average Bonchev–Trinajstić information content (AvgIpc) is 2.27. The van der Waals surface area contributed by atoms with Crippen molar-refractivity contribution >= 4 is 17.4 Å². The quantitative estimate of drug-likeness (QED) is 0.877. The Hall–Kier alpha value is -0.740. The van der Waals surface area contributed by atoms with E-state index in [-0.39, 0.29) is 5.82 Å². The van der Waals surface area contributed by atoms with Gasteiger partial charge < -0.3 is 10.0 Å². The lowest BCUT2D eigenvalue weighted by molar-refractivity contribution is 0.194. The minimum Gasteiger partial charge on any atom is -0.389 e. The number of anilines is 1. The number of hydrogen-bond donors (Lipinski definition) is 1. The molecule has 0 saturated heterocycles. The molecular weight excluding hydrogens is 237 g/mol. The molecule has 0 aromatic heterocycles. The van der Waals surface area contributed by atoms with E-state index in [1.54, 1.807) is 24.8 Å². The highest BCUT2D eigenvalue weighted by molar-refractivity contribution is 7.98. The molecule has 2 atom stereocenters. The maximum Gasteiger partial charge on any atom is 0.131 e. The lowest BCUT2D eigenvalue weighted by Gasteiger charge is -2.29. The zero-order valence-corrected chi connectivity index (χ0v) is 11.6. The van der Waals surface area contributed by atoms with Crippen LogP contribution in [0.3, 0.4) is 0 Å². The van der Waals surface area contributed by atoms with Gasteiger partial charge in [-0.2, -0.15) is 11.8 Å². The molecule has 0 aliphatic carbocycles. The van der Waals surface area contributed by atoms with Crippen molar-refractivity contribution in [3.05, 3.63) is 29.6 Å². The lowest BCUT2D eigenvalue weighted by atomic mass is 10.1. The van der Waals surface area contributed by atoms with Crippen LogP contribution >= 0.6 is 11.8 Å². The molecule has 1 N–H and O–H groups in total. The van der Waals surface area contributed by atoms with E-state index in [9.17, 15) is 9.50 Å². The highest BCUT2D eigenvalue weighted by atomic mass is 32.2. The summed E-state index contributed by atoms with van der Waals surface area (Å²) in [6.45, 7) is 3.68. The normalized spacial score (nSPS) is 14.5. The fraction of sp³-hybridized carbons (Fsp3) is 0.538. The van der Waals surface area contributed by atoms with E-state index < -0.39 is 6.10 Å². The zero-order valence-electron chi connectivity index (χ0n) is 10.8. The molecule has 0 saturated carbocycles. The highest BCUT2D eigenvalue weighted by Gasteiger charge is 2.18. The summed E-state index contributed by atoms with van der Waals surface area (Å²) in [7, 11) is 1.93. The minimum absolute atomic E-state index is 0.296. The summed E-state index contributed by atoms with van der Waals surface area (Å²) in [5, 5.41) is 9.67. The van der Waals surface area contributed by atoms with Crippen LogP contribution in [0.15, 0.2) is 18.2 Å². The van der Waals surface area contributed by atoms with E-state index >= 15 is 0 Å². The molecule has 1 rings (SSSR count). The molecule has 0 amide bonds. The van der Waals surface area contributed by atoms with Crippen LogP contribution in [0.5, 0.6) is 0 Å². The first-order valence-corrected chi connectivity index (χ1v) is 7.06. The van der Waals surface area contributed by atoms with Gasteiger partial charge in [-0.25, -0.2) is 4.39 Å². The molecule has 1 unspecified atom stereocenters. The van der Waals surface area contributed by atoms with Gasteiger partial charge in [-0.15, -0.1) is 0 Å². The fourth-order valence-corrected chi connectivity index (χ4v) is 2.54. The van der Waals surface area contributed by atoms with Crippen LogP contribution in [0, 0.1) is 5.82 Å². The topological polar surface area (TPSA) is 23.5 Å². The summed E-state index contributed by atoms with van der Waals surface area (Å²) in [6.07, 6.45) is 1.25. The molecule has 1 aromatic rings. The van der Waals surface area contributed by atoms with Gasteiger partial charge in [-0.3, -0.25) is 0 Å². The number of halogens is 1. The van der Waals surface area contributed by atoms with Crippen molar-refractivity contribution in [2.24, 2.45) is 0 Å². The first-order valence-electron chi connectivity index (χ1n) is 5.67. The predicted molar refractivity (Wildman–Crippen MR) is 73.3 cm³/mol. The smallest absolute Gasteiger partial charge is 0.131 e. The van der Waals surface area contributed by atoms with E-state index in [0.29, 0.717) is 11.6 Å². The van der Waals surface area contributed by atoms with Gasteiger partial charge in [0.2, 0.25) is 0 Å². The third kappa shape index (κ3) is 3.36. The number of nitrogens with zero attached hydrogens (tertiary/aromatic N) is 1. The summed E-state index contributed by atoms with van der Waals surface area (Å²) in [4.78, 5) is 2.02. The van der Waals surface area contributed by atoms with Gasteiger partial charge in [0.25, 0.3) is 0 Å². The third-order valence-electron chi connectivity index (χ3n) is 2.90. The van der Waals surface area contributed by atoms with Gasteiger partial charge in [0.05, 0.1) is 6.10 Å². The molecule has 4 heteroatoms. The van der Waals surface area contributed by atoms with Gasteiger partial charge in [-0.05, 0) is 32.2 Å². The van der Waals surface area contributed by atoms with Crippen molar-refractivity contribution in [1.29, 1.82) is 0 Å². The van der Waals surface area contributed by atoms with E-state index in [1.807, 2.05) is 24.3 Å². The Morgan fingerprint density at radius 3 is 2.59 bits per heavy atom. The Labute approximate surface area is 107 Å². The summed E-state index contributed by atoms with van der Waals surface area (Å²) >= 11 is 1.75. The Morgan fingerprint density at radius 2 is 2.06 bits per heavy atom. The first kappa shape index (κ1) is 14.3. The SMILES string of the molecule is CSCC(C)N(C)c1cccc(F)c1[C@H](C)O. The molecule has 1 aromatic carbocycles. The number of thioether (sulfide) groups is 1. The van der Waals surface area contributed by atoms with Gasteiger partial charge in [-0.1, -0.05) is 6.07 Å². The maximum atomic E-state index is 13.7. The average molecular weight is 257 g/mol. The number of aliphatic hydroxyl groups is 1. The standard InChI is InChI=1S/C13H20FNOS/c1-9(8-17-4)15(3)12-7-5-6-11(14)13(12)10(2)16/h5-7,9-10,16H,8H2,1-4H3/t9?,10-/m0/s1. The molecule has 0 aliphatic rings. The molecule has 0 fully saturated rings. The molecule has 0 bridgehead atoms. The van der Waals surface area contributed by atoms with Crippen LogP contribution in [0.1, 0.15) is 25.5 Å². The van der Waals surface area contributed by atoms with Gasteiger partial charge in [0.15, 0.2) is 0 Å². The van der Waals surface area contributed by atoms with E-state index in [1.165, 1.54) is 6.07 Å². The number of aliphatic hydroxyl groups excluding tert-OH is 1. The molecule has 17 heavy (non-hydrogen) atoms. The van der Waals surface area contributed by atoms with E-state index in [4.69, 9.17) is 0 Å². The maximum absolute atomic E-state index is 13.7. The minimum atomic E-state index is -0.796. The zero-order chi connectivity index (χ0) is 13.0. The predicted octanol–water partition coefficient (Wildman–Crippen LogP) is 3.07. The number of hydrogen-bond acceptors (Lipinski definition) is 3. The molecule has 0 spiro atoms. The number of benzene rings is 1. The lowest BCUT2D eigenvalue weighted by Crippen LogP contribution is -2.32. The largest absolute Gasteiger partial charge is 0.389 e. The van der Waals surface area contributed by atoms with Gasteiger partial charge in [0.1, 0.15) is 5.82 Å². The Kier molecular flexibility index (Phi) is 5.28. The van der Waals surface area contributed by atoms with Crippen LogP contribution in [0.4, 0.5) is 10.1 Å². The van der Waals surface area contributed by atoms with Crippen LogP contribution in [-0.2, 0) is 0 Å². The van der Waals surface area contributed by atoms with Crippen molar-refractivity contribution in [2.45, 2.75) is 26.0 Å². The Morgan fingerprint density at radius 1 is 1.41 bits per heavy atom. The monoisotopic (exact) mass is 257 g/mol. The second-order valence-electron chi connectivity index (χ2n) is 4.26. The molecule has 2 nitrogen and oxygen atoms in total. The third-order valence-corrected chi connectivity index (χ3v) is 3.71. The molecule has 0 heterocycles. The Balaban J connectivity index is 3.08. The molecule has 0 radical (unpaired) electrons. The summed E-state index contributed by atoms with van der Waals surface area (Å²) < 4.78 is 13.7. The van der Waals surface area contributed by atoms with Crippen LogP contribution in [0.25, 0.3) is 0 Å². The van der Waals surface area contributed by atoms with Crippen molar-refractivity contribution in [3.63, 3.8) is 0 Å². The van der Waals surface area contributed by atoms with Crippen LogP contribution in [0.2, 0.25) is 0 Å². The summed E-state index contributed by atoms with van der Waals surface area (Å²) in [6, 6.07) is 5.21. The van der Waals surface area contributed by atoms with Crippen molar-refractivity contribution in [2.75, 3.05) is 24.0 Å². The van der Waals surface area contributed by atoms with E-state index in [0.717, 1.165) is 11.4 Å². The van der Waals surface area contributed by atoms with Crippen molar-refractivity contribution < 1.29 is 9.50 Å². The number of rotatable bonds is 5. The second kappa shape index (κ2) is 6.26. The fourth-order valence-electron chi connectivity index (χ4n) is 1.84.